The van der Waals surface area contributed by atoms with E-state index in [1.165, 1.54) is 12.8 Å². The van der Waals surface area contributed by atoms with Gasteiger partial charge in [0.25, 0.3) is 0 Å². The van der Waals surface area contributed by atoms with Crippen LogP contribution in [-0.2, 0) is 9.59 Å². The Balaban J connectivity index is 1.88. The molecule has 2 rings (SSSR count). The lowest BCUT2D eigenvalue weighted by Crippen LogP contribution is -2.45. The number of fused-ring (bicyclic) bond motifs is 1. The summed E-state index contributed by atoms with van der Waals surface area (Å²) in [6.45, 7) is 1.23. The van der Waals surface area contributed by atoms with Gasteiger partial charge < -0.3 is 15.3 Å². The zero-order valence-electron chi connectivity index (χ0n) is 10.2. The Morgan fingerprint density at radius 2 is 2.18 bits per heavy atom. The van der Waals surface area contributed by atoms with Gasteiger partial charge in [0, 0.05) is 13.6 Å². The van der Waals surface area contributed by atoms with E-state index in [4.69, 9.17) is 5.11 Å². The second-order valence-corrected chi connectivity index (χ2v) is 5.14. The number of rotatable bonds is 4. The molecule has 1 aliphatic carbocycles. The fourth-order valence-corrected chi connectivity index (χ4v) is 3.07. The lowest BCUT2D eigenvalue weighted by molar-refractivity contribution is -0.138. The number of nitrogens with one attached hydrogen (secondary N) is 1. The summed E-state index contributed by atoms with van der Waals surface area (Å²) in [4.78, 5) is 24.2. The average molecular weight is 240 g/mol. The summed E-state index contributed by atoms with van der Waals surface area (Å²) in [6.07, 6.45) is 3.59. The second-order valence-electron chi connectivity index (χ2n) is 5.14. The lowest BCUT2D eigenvalue weighted by atomic mass is 9.93. The van der Waals surface area contributed by atoms with Gasteiger partial charge in [-0.3, -0.25) is 9.59 Å². The third-order valence-corrected chi connectivity index (χ3v) is 4.05. The first-order chi connectivity index (χ1) is 8.09. The van der Waals surface area contributed by atoms with Crippen molar-refractivity contribution in [2.24, 2.45) is 11.8 Å². The van der Waals surface area contributed by atoms with Gasteiger partial charge in [0.05, 0.1) is 12.5 Å². The number of carboxylic acids is 1. The molecule has 0 bridgehead atoms. The summed E-state index contributed by atoms with van der Waals surface area (Å²) in [6, 6.07) is -0.0821. The van der Waals surface area contributed by atoms with Crippen LogP contribution >= 0.6 is 0 Å². The number of hydrogen-bond donors (Lipinski definition) is 2. The summed E-state index contributed by atoms with van der Waals surface area (Å²) in [5.74, 6) is 0.315. The molecule has 0 aromatic rings. The Labute approximate surface area is 101 Å². The number of carboxylic acid groups (broad SMARTS) is 1. The molecule has 0 aromatic carbocycles. The van der Waals surface area contributed by atoms with Crippen LogP contribution in [0.3, 0.4) is 0 Å². The van der Waals surface area contributed by atoms with Crippen LogP contribution in [0.5, 0.6) is 0 Å². The van der Waals surface area contributed by atoms with E-state index >= 15 is 0 Å². The number of carbonyl (C=O) groups excluding carboxylic acids is 1. The van der Waals surface area contributed by atoms with Crippen molar-refractivity contribution in [1.82, 2.24) is 10.2 Å². The second kappa shape index (κ2) is 5.04. The summed E-state index contributed by atoms with van der Waals surface area (Å²) >= 11 is 0. The van der Waals surface area contributed by atoms with E-state index in [-0.39, 0.29) is 18.4 Å². The van der Waals surface area contributed by atoms with Crippen molar-refractivity contribution in [3.05, 3.63) is 0 Å². The zero-order valence-corrected chi connectivity index (χ0v) is 10.2. The molecule has 3 atom stereocenters. The smallest absolute Gasteiger partial charge is 0.305 e. The summed E-state index contributed by atoms with van der Waals surface area (Å²) in [5.41, 5.74) is 0. The monoisotopic (exact) mass is 240 g/mol. The van der Waals surface area contributed by atoms with Crippen LogP contribution in [0.2, 0.25) is 0 Å². The molecule has 0 radical (unpaired) electrons. The minimum absolute atomic E-state index is 0.0169. The van der Waals surface area contributed by atoms with Gasteiger partial charge in [0.15, 0.2) is 0 Å². The Bertz CT molecular complexity index is 319. The van der Waals surface area contributed by atoms with Gasteiger partial charge in [-0.2, -0.15) is 0 Å². The minimum Gasteiger partial charge on any atom is -0.481 e. The number of aliphatic carboxylic acids is 1. The van der Waals surface area contributed by atoms with Crippen LogP contribution in [-0.4, -0.2) is 48.1 Å². The molecule has 2 N–H and O–H groups in total. The van der Waals surface area contributed by atoms with E-state index in [0.717, 1.165) is 13.0 Å². The maximum absolute atomic E-state index is 12.2. The van der Waals surface area contributed by atoms with Crippen molar-refractivity contribution >= 4 is 11.9 Å². The molecule has 0 aromatic heterocycles. The fraction of sp³-hybridized carbons (Fsp3) is 0.833. The van der Waals surface area contributed by atoms with E-state index in [9.17, 15) is 9.59 Å². The van der Waals surface area contributed by atoms with Crippen LogP contribution in [0, 0.1) is 11.8 Å². The van der Waals surface area contributed by atoms with Crippen LogP contribution in [0.4, 0.5) is 0 Å². The molecule has 96 valence electrons. The maximum atomic E-state index is 12.2. The number of carbonyl (C=O) groups is 2. The fourth-order valence-electron chi connectivity index (χ4n) is 3.07. The average Bonchev–Trinajstić information content (AvgIpc) is 2.86. The first-order valence-electron chi connectivity index (χ1n) is 6.29. The van der Waals surface area contributed by atoms with Crippen molar-refractivity contribution in [3.63, 3.8) is 0 Å². The molecule has 1 saturated heterocycles. The number of likely N-dealkylation sites (N-methyl/N-ethyl adjacent to an activating group) is 1. The minimum atomic E-state index is -0.859. The molecule has 1 amide bonds. The third-order valence-electron chi connectivity index (χ3n) is 4.05. The van der Waals surface area contributed by atoms with Gasteiger partial charge in [-0.25, -0.2) is 0 Å². The van der Waals surface area contributed by atoms with E-state index in [1.54, 1.807) is 11.9 Å². The van der Waals surface area contributed by atoms with Gasteiger partial charge in [0.2, 0.25) is 5.91 Å². The Kier molecular flexibility index (Phi) is 3.66. The number of nitrogens with zero attached hydrogens (tertiary/aromatic N) is 1. The summed E-state index contributed by atoms with van der Waals surface area (Å²) in [5, 5.41) is 11.9. The summed E-state index contributed by atoms with van der Waals surface area (Å²) in [7, 11) is 1.69. The number of hydrogen-bond acceptors (Lipinski definition) is 3. The van der Waals surface area contributed by atoms with Crippen molar-refractivity contribution < 1.29 is 14.7 Å². The van der Waals surface area contributed by atoms with Gasteiger partial charge in [-0.05, 0) is 31.2 Å². The van der Waals surface area contributed by atoms with Crippen molar-refractivity contribution in [2.45, 2.75) is 31.7 Å². The molecule has 2 fully saturated rings. The van der Waals surface area contributed by atoms with Gasteiger partial charge >= 0.3 is 5.97 Å². The molecule has 1 aliphatic heterocycles. The number of amides is 1. The van der Waals surface area contributed by atoms with Crippen LogP contribution < -0.4 is 5.32 Å². The third kappa shape index (κ3) is 2.60. The van der Waals surface area contributed by atoms with Crippen molar-refractivity contribution in [3.8, 4) is 0 Å². The van der Waals surface area contributed by atoms with Crippen molar-refractivity contribution in [1.29, 1.82) is 0 Å². The highest BCUT2D eigenvalue weighted by Gasteiger charge is 2.43. The zero-order chi connectivity index (χ0) is 12.4. The standard InChI is InChI=1S/C12H20N2O3/c1-14(6-5-10(15)16)12(17)11-9-4-2-3-8(9)7-13-11/h8-9,11,13H,2-7H2,1H3,(H,15,16). The molecule has 3 unspecified atom stereocenters. The first kappa shape index (κ1) is 12.4. The quantitative estimate of drug-likeness (QED) is 0.742. The SMILES string of the molecule is CN(CCC(=O)O)C(=O)C1NCC2CCCC21. The van der Waals surface area contributed by atoms with Gasteiger partial charge in [-0.15, -0.1) is 0 Å². The van der Waals surface area contributed by atoms with E-state index in [0.29, 0.717) is 18.4 Å². The molecule has 1 heterocycles. The van der Waals surface area contributed by atoms with Crippen LogP contribution in [0.25, 0.3) is 0 Å². The maximum Gasteiger partial charge on any atom is 0.305 e. The van der Waals surface area contributed by atoms with Gasteiger partial charge in [-0.1, -0.05) is 6.42 Å². The van der Waals surface area contributed by atoms with E-state index in [1.807, 2.05) is 0 Å². The van der Waals surface area contributed by atoms with Crippen LogP contribution in [0.1, 0.15) is 25.7 Å². The molecule has 5 nitrogen and oxygen atoms in total. The highest BCUT2D eigenvalue weighted by Crippen LogP contribution is 2.38. The molecular weight excluding hydrogens is 220 g/mol. The summed E-state index contributed by atoms with van der Waals surface area (Å²) < 4.78 is 0. The Hall–Kier alpha value is -1.10. The lowest BCUT2D eigenvalue weighted by Gasteiger charge is -2.24. The molecule has 17 heavy (non-hydrogen) atoms. The normalized spacial score (nSPS) is 31.2. The predicted molar refractivity (Wildman–Crippen MR) is 62.5 cm³/mol. The topological polar surface area (TPSA) is 69.6 Å². The molecule has 0 spiro atoms. The highest BCUT2D eigenvalue weighted by molar-refractivity contribution is 5.83. The van der Waals surface area contributed by atoms with E-state index < -0.39 is 5.97 Å². The van der Waals surface area contributed by atoms with Crippen LogP contribution in [0.15, 0.2) is 0 Å². The molecular formula is C12H20N2O3. The predicted octanol–water partition coefficient (Wildman–Crippen LogP) is 0.308. The molecule has 1 saturated carbocycles. The largest absolute Gasteiger partial charge is 0.481 e. The van der Waals surface area contributed by atoms with Gasteiger partial charge in [0.1, 0.15) is 0 Å². The molecule has 2 aliphatic rings. The Morgan fingerprint density at radius 3 is 2.88 bits per heavy atom. The Morgan fingerprint density at radius 1 is 1.41 bits per heavy atom. The van der Waals surface area contributed by atoms with Crippen molar-refractivity contribution in [2.75, 3.05) is 20.1 Å². The highest BCUT2D eigenvalue weighted by atomic mass is 16.4. The first-order valence-corrected chi connectivity index (χ1v) is 6.29. The molecule has 5 heteroatoms. The van der Waals surface area contributed by atoms with E-state index in [2.05, 4.69) is 5.32 Å².